The van der Waals surface area contributed by atoms with E-state index in [4.69, 9.17) is 0 Å². The van der Waals surface area contributed by atoms with E-state index in [0.717, 1.165) is 22.1 Å². The van der Waals surface area contributed by atoms with Crippen LogP contribution in [0.15, 0.2) is 48.5 Å². The Bertz CT molecular complexity index is 704. The van der Waals surface area contributed by atoms with Gasteiger partial charge in [-0.05, 0) is 36.3 Å². The van der Waals surface area contributed by atoms with Crippen molar-refractivity contribution in [2.24, 2.45) is 0 Å². The van der Waals surface area contributed by atoms with Crippen LogP contribution in [-0.4, -0.2) is 50.7 Å². The van der Waals surface area contributed by atoms with Crippen LogP contribution in [0.1, 0.15) is 54.9 Å². The van der Waals surface area contributed by atoms with Gasteiger partial charge in [0.25, 0.3) is 0 Å². The van der Waals surface area contributed by atoms with Gasteiger partial charge in [0, 0.05) is 11.1 Å². The average Bonchev–Trinajstić information content (AvgIpc) is 2.59. The van der Waals surface area contributed by atoms with Gasteiger partial charge in [-0.1, -0.05) is 62.4 Å². The molecule has 0 aliphatic heterocycles. The number of quaternary nitrogens is 2. The topological polar surface area (TPSA) is 0 Å². The van der Waals surface area contributed by atoms with E-state index in [-0.39, 0.29) is 0 Å². The molecule has 2 aromatic rings. The van der Waals surface area contributed by atoms with E-state index < -0.39 is 0 Å². The van der Waals surface area contributed by atoms with Gasteiger partial charge < -0.3 is 8.97 Å². The van der Waals surface area contributed by atoms with Crippen LogP contribution in [0.25, 0.3) is 0 Å². The van der Waals surface area contributed by atoms with Crippen LogP contribution in [0.3, 0.4) is 0 Å². The Labute approximate surface area is 174 Å². The van der Waals surface area contributed by atoms with E-state index >= 15 is 0 Å². The molecule has 0 spiro atoms. The van der Waals surface area contributed by atoms with Crippen molar-refractivity contribution in [1.29, 1.82) is 0 Å². The maximum absolute atomic E-state index is 2.36. The van der Waals surface area contributed by atoms with Gasteiger partial charge >= 0.3 is 0 Å². The van der Waals surface area contributed by atoms with Crippen LogP contribution < -0.4 is 0 Å². The quantitative estimate of drug-likeness (QED) is 0.370. The van der Waals surface area contributed by atoms with Crippen molar-refractivity contribution in [3.8, 4) is 0 Å². The first-order chi connectivity index (χ1) is 13.0. The summed E-state index contributed by atoms with van der Waals surface area (Å²) in [7, 11) is 11.4. The molecule has 0 unspecified atom stereocenters. The average molecular weight is 383 g/mol. The van der Waals surface area contributed by atoms with Crippen molar-refractivity contribution in [1.82, 2.24) is 0 Å². The molecule has 0 heterocycles. The van der Waals surface area contributed by atoms with Crippen molar-refractivity contribution in [2.75, 3.05) is 41.8 Å². The minimum Gasteiger partial charge on any atom is -0.327 e. The summed E-state index contributed by atoms with van der Waals surface area (Å²) in [5.41, 5.74) is 5.78. The van der Waals surface area contributed by atoms with E-state index in [9.17, 15) is 0 Å². The Kier molecular flexibility index (Phi) is 7.86. The lowest BCUT2D eigenvalue weighted by Gasteiger charge is -2.30. The lowest BCUT2D eigenvalue weighted by molar-refractivity contribution is -0.903. The molecule has 0 atom stereocenters. The maximum atomic E-state index is 2.36. The minimum absolute atomic E-state index is 0.609. The lowest BCUT2D eigenvalue weighted by atomic mass is 10.0. The molecule has 0 amide bonds. The molecule has 28 heavy (non-hydrogen) atoms. The fourth-order valence-electron chi connectivity index (χ4n) is 3.81. The number of hydrogen-bond donors (Lipinski definition) is 0. The summed E-state index contributed by atoms with van der Waals surface area (Å²) in [6.45, 7) is 7.94. The maximum Gasteiger partial charge on any atom is 0.104 e. The summed E-state index contributed by atoms with van der Waals surface area (Å²) in [5.74, 6) is 0.609. The second kappa shape index (κ2) is 9.71. The molecular formula is C26H42N2+2. The molecule has 2 nitrogen and oxygen atoms in total. The molecule has 0 N–H and O–H groups in total. The van der Waals surface area contributed by atoms with Gasteiger partial charge in [0.2, 0.25) is 0 Å². The van der Waals surface area contributed by atoms with E-state index in [1.165, 1.54) is 48.1 Å². The number of hydrogen-bond acceptors (Lipinski definition) is 0. The fraction of sp³-hybridized carbons (Fsp3) is 0.538. The predicted molar refractivity (Wildman–Crippen MR) is 122 cm³/mol. The lowest BCUT2D eigenvalue weighted by Crippen LogP contribution is -2.39. The van der Waals surface area contributed by atoms with Crippen molar-refractivity contribution >= 4 is 0 Å². The van der Waals surface area contributed by atoms with Crippen molar-refractivity contribution in [3.05, 3.63) is 70.8 Å². The molecule has 0 saturated heterocycles. The minimum atomic E-state index is 0.609. The molecule has 0 aliphatic rings. The van der Waals surface area contributed by atoms with E-state index in [1.54, 1.807) is 0 Å². The Hall–Kier alpha value is -1.64. The Morgan fingerprint density at radius 3 is 1.68 bits per heavy atom. The van der Waals surface area contributed by atoms with Crippen molar-refractivity contribution < 1.29 is 8.97 Å². The molecule has 0 aromatic heterocycles. The van der Waals surface area contributed by atoms with Crippen LogP contribution >= 0.6 is 0 Å². The van der Waals surface area contributed by atoms with E-state index in [0.29, 0.717) is 5.92 Å². The van der Waals surface area contributed by atoms with Gasteiger partial charge in [0.1, 0.15) is 13.1 Å². The SMILES string of the molecule is CC(C)c1ccc(C[N+](C)(C)CCCCc2ccc(C[N+](C)(C)C)cc2)cc1. The van der Waals surface area contributed by atoms with Gasteiger partial charge in [0.05, 0.1) is 41.8 Å². The third kappa shape index (κ3) is 8.16. The van der Waals surface area contributed by atoms with Gasteiger partial charge in [-0.15, -0.1) is 0 Å². The largest absolute Gasteiger partial charge is 0.327 e. The number of unbranched alkanes of at least 4 members (excludes halogenated alkanes) is 1. The monoisotopic (exact) mass is 382 g/mol. The smallest absolute Gasteiger partial charge is 0.104 e. The van der Waals surface area contributed by atoms with Crippen LogP contribution in [0.4, 0.5) is 0 Å². The summed E-state index contributed by atoms with van der Waals surface area (Å²) >= 11 is 0. The number of benzene rings is 2. The van der Waals surface area contributed by atoms with Crippen molar-refractivity contribution in [2.45, 2.75) is 52.1 Å². The van der Waals surface area contributed by atoms with Gasteiger partial charge in [-0.3, -0.25) is 0 Å². The van der Waals surface area contributed by atoms with Gasteiger partial charge in [-0.2, -0.15) is 0 Å². The first-order valence-electron chi connectivity index (χ1n) is 10.8. The molecule has 0 bridgehead atoms. The molecule has 2 heteroatoms. The first-order valence-corrected chi connectivity index (χ1v) is 10.8. The third-order valence-electron chi connectivity index (χ3n) is 5.42. The summed E-state index contributed by atoms with van der Waals surface area (Å²) in [4.78, 5) is 0. The second-order valence-electron chi connectivity index (χ2n) is 10.4. The molecule has 0 radical (unpaired) electrons. The van der Waals surface area contributed by atoms with Crippen LogP contribution in [-0.2, 0) is 19.5 Å². The third-order valence-corrected chi connectivity index (χ3v) is 5.42. The highest BCUT2D eigenvalue weighted by Crippen LogP contribution is 2.18. The van der Waals surface area contributed by atoms with Gasteiger partial charge in [0.15, 0.2) is 0 Å². The Morgan fingerprint density at radius 2 is 1.14 bits per heavy atom. The van der Waals surface area contributed by atoms with Crippen LogP contribution in [0.2, 0.25) is 0 Å². The summed E-state index contributed by atoms with van der Waals surface area (Å²) < 4.78 is 2.04. The molecule has 0 saturated carbocycles. The zero-order valence-corrected chi connectivity index (χ0v) is 19.3. The summed E-state index contributed by atoms with van der Waals surface area (Å²) in [6, 6.07) is 18.5. The molecule has 154 valence electrons. The normalized spacial score (nSPS) is 12.6. The zero-order chi connectivity index (χ0) is 20.8. The standard InChI is InChI=1S/C26H42N2/c1-22(2)26-17-15-25(16-18-26)21-28(6,7)19-9-8-10-23-11-13-24(14-12-23)20-27(3,4)5/h11-18,22H,8-10,19-21H2,1-7H3/q+2. The highest BCUT2D eigenvalue weighted by Gasteiger charge is 2.15. The molecule has 2 rings (SSSR count). The Morgan fingerprint density at radius 1 is 0.643 bits per heavy atom. The zero-order valence-electron chi connectivity index (χ0n) is 19.3. The molecular weight excluding hydrogens is 340 g/mol. The molecule has 0 aliphatic carbocycles. The second-order valence-corrected chi connectivity index (χ2v) is 10.4. The van der Waals surface area contributed by atoms with Crippen molar-refractivity contribution in [3.63, 3.8) is 0 Å². The van der Waals surface area contributed by atoms with E-state index in [1.807, 2.05) is 0 Å². The predicted octanol–water partition coefficient (Wildman–Crippen LogP) is 5.62. The number of rotatable bonds is 10. The highest BCUT2D eigenvalue weighted by atomic mass is 15.3. The van der Waals surface area contributed by atoms with E-state index in [2.05, 4.69) is 97.6 Å². The molecule has 2 aromatic carbocycles. The van der Waals surface area contributed by atoms with Crippen LogP contribution in [0, 0.1) is 0 Å². The summed E-state index contributed by atoms with van der Waals surface area (Å²) in [6.07, 6.45) is 3.73. The highest BCUT2D eigenvalue weighted by molar-refractivity contribution is 5.24. The van der Waals surface area contributed by atoms with Gasteiger partial charge in [-0.25, -0.2) is 0 Å². The molecule has 0 fully saturated rings. The number of aryl methyl sites for hydroxylation is 1. The number of nitrogens with zero attached hydrogens (tertiary/aromatic N) is 2. The first kappa shape index (κ1) is 22.6. The van der Waals surface area contributed by atoms with Crippen LogP contribution in [0.5, 0.6) is 0 Å². The fourth-order valence-corrected chi connectivity index (χ4v) is 3.81. The Balaban J connectivity index is 1.75. The summed E-state index contributed by atoms with van der Waals surface area (Å²) in [5, 5.41) is 0.